The van der Waals surface area contributed by atoms with Gasteiger partial charge in [0.25, 0.3) is 0 Å². The van der Waals surface area contributed by atoms with Crippen LogP contribution in [0.5, 0.6) is 0 Å². The number of nitrogens with zero attached hydrogens (tertiary/aromatic N) is 1. The minimum atomic E-state index is 0.307. The fourth-order valence-corrected chi connectivity index (χ4v) is 2.05. The molecule has 1 aromatic heterocycles. The molecular formula is C14H23BrN2. The van der Waals surface area contributed by atoms with Crippen LogP contribution in [0, 0.1) is 5.41 Å². The molecule has 0 aliphatic rings. The van der Waals surface area contributed by atoms with Crippen LogP contribution < -0.4 is 5.32 Å². The van der Waals surface area contributed by atoms with Gasteiger partial charge >= 0.3 is 0 Å². The Labute approximate surface area is 113 Å². The van der Waals surface area contributed by atoms with Crippen molar-refractivity contribution in [3.8, 4) is 0 Å². The quantitative estimate of drug-likeness (QED) is 0.775. The molecule has 0 radical (unpaired) electrons. The third kappa shape index (κ3) is 6.18. The average molecular weight is 299 g/mol. The van der Waals surface area contributed by atoms with Gasteiger partial charge in [0.2, 0.25) is 0 Å². The van der Waals surface area contributed by atoms with Gasteiger partial charge in [-0.15, -0.1) is 0 Å². The van der Waals surface area contributed by atoms with E-state index in [1.165, 1.54) is 18.5 Å². The summed E-state index contributed by atoms with van der Waals surface area (Å²) < 4.78 is 1.05. The smallest absolute Gasteiger partial charge is 0.0413 e. The Hall–Kier alpha value is -0.410. The second-order valence-electron chi connectivity index (χ2n) is 5.31. The summed E-state index contributed by atoms with van der Waals surface area (Å²) in [5, 5.41) is 3.46. The van der Waals surface area contributed by atoms with Crippen molar-refractivity contribution in [3.63, 3.8) is 0 Å². The van der Waals surface area contributed by atoms with Crippen LogP contribution in [0.15, 0.2) is 22.8 Å². The predicted molar refractivity (Wildman–Crippen MR) is 77.2 cm³/mol. The van der Waals surface area contributed by atoms with Gasteiger partial charge in [0, 0.05) is 16.4 Å². The highest BCUT2D eigenvalue weighted by molar-refractivity contribution is 9.10. The maximum atomic E-state index is 4.44. The van der Waals surface area contributed by atoms with Crippen LogP contribution in [-0.2, 0) is 6.42 Å². The standard InChI is InChI=1S/C14H23BrN2/c1-4-8-16-9-7-14(2,3)10-13-6-5-12(15)11-17-13/h5-6,11,16H,4,7-10H2,1-3H3. The average Bonchev–Trinajstić information content (AvgIpc) is 2.27. The van der Waals surface area contributed by atoms with Gasteiger partial charge in [0.1, 0.15) is 0 Å². The van der Waals surface area contributed by atoms with Crippen LogP contribution in [0.4, 0.5) is 0 Å². The summed E-state index contributed by atoms with van der Waals surface area (Å²) in [5.41, 5.74) is 1.48. The molecule has 0 saturated carbocycles. The minimum Gasteiger partial charge on any atom is -0.317 e. The molecule has 17 heavy (non-hydrogen) atoms. The van der Waals surface area contributed by atoms with Crippen LogP contribution in [0.2, 0.25) is 0 Å². The van der Waals surface area contributed by atoms with Crippen molar-refractivity contribution in [1.29, 1.82) is 0 Å². The number of halogens is 1. The van der Waals surface area contributed by atoms with Crippen LogP contribution >= 0.6 is 15.9 Å². The van der Waals surface area contributed by atoms with E-state index in [0.29, 0.717) is 5.41 Å². The van der Waals surface area contributed by atoms with Crippen molar-refractivity contribution in [2.75, 3.05) is 13.1 Å². The lowest BCUT2D eigenvalue weighted by molar-refractivity contribution is 0.322. The molecule has 0 unspecified atom stereocenters. The normalized spacial score (nSPS) is 11.8. The zero-order chi connectivity index (χ0) is 12.7. The maximum Gasteiger partial charge on any atom is 0.0413 e. The summed E-state index contributed by atoms with van der Waals surface area (Å²) in [6.45, 7) is 9.03. The highest BCUT2D eigenvalue weighted by atomic mass is 79.9. The predicted octanol–water partition coefficient (Wildman–Crippen LogP) is 3.80. The van der Waals surface area contributed by atoms with Crippen LogP contribution in [0.25, 0.3) is 0 Å². The van der Waals surface area contributed by atoms with E-state index in [-0.39, 0.29) is 0 Å². The van der Waals surface area contributed by atoms with Crippen molar-refractivity contribution in [2.45, 2.75) is 40.0 Å². The van der Waals surface area contributed by atoms with Crippen molar-refractivity contribution in [3.05, 3.63) is 28.5 Å². The van der Waals surface area contributed by atoms with Crippen LogP contribution in [-0.4, -0.2) is 18.1 Å². The first-order valence-electron chi connectivity index (χ1n) is 6.35. The first kappa shape index (κ1) is 14.7. The summed E-state index contributed by atoms with van der Waals surface area (Å²) in [6, 6.07) is 4.17. The van der Waals surface area contributed by atoms with E-state index in [9.17, 15) is 0 Å². The molecule has 2 nitrogen and oxygen atoms in total. The van der Waals surface area contributed by atoms with Crippen molar-refractivity contribution < 1.29 is 0 Å². The number of nitrogens with one attached hydrogen (secondary N) is 1. The van der Waals surface area contributed by atoms with Gasteiger partial charge in [0.05, 0.1) is 0 Å². The van der Waals surface area contributed by atoms with E-state index < -0.39 is 0 Å². The van der Waals surface area contributed by atoms with E-state index >= 15 is 0 Å². The Balaban J connectivity index is 2.40. The Morgan fingerprint density at radius 3 is 2.65 bits per heavy atom. The number of rotatable bonds is 7. The molecule has 1 N–H and O–H groups in total. The van der Waals surface area contributed by atoms with Crippen molar-refractivity contribution >= 4 is 15.9 Å². The highest BCUT2D eigenvalue weighted by Crippen LogP contribution is 2.25. The van der Waals surface area contributed by atoms with Crippen LogP contribution in [0.1, 0.15) is 39.3 Å². The van der Waals surface area contributed by atoms with E-state index in [1.807, 2.05) is 6.20 Å². The van der Waals surface area contributed by atoms with Gasteiger partial charge < -0.3 is 5.32 Å². The molecule has 1 aromatic rings. The molecule has 96 valence electrons. The molecule has 0 fully saturated rings. The molecule has 0 atom stereocenters. The fourth-order valence-electron chi connectivity index (χ4n) is 1.82. The van der Waals surface area contributed by atoms with Gasteiger partial charge in [-0.05, 0) is 65.8 Å². The minimum absolute atomic E-state index is 0.307. The van der Waals surface area contributed by atoms with Gasteiger partial charge in [-0.1, -0.05) is 20.8 Å². The Morgan fingerprint density at radius 1 is 1.29 bits per heavy atom. The zero-order valence-electron chi connectivity index (χ0n) is 11.1. The lowest BCUT2D eigenvalue weighted by Crippen LogP contribution is -2.24. The summed E-state index contributed by atoms with van der Waals surface area (Å²) >= 11 is 3.41. The first-order chi connectivity index (χ1) is 8.03. The van der Waals surface area contributed by atoms with Gasteiger partial charge in [0.15, 0.2) is 0 Å². The fraction of sp³-hybridized carbons (Fsp3) is 0.643. The molecule has 0 aliphatic heterocycles. The van der Waals surface area contributed by atoms with E-state index in [4.69, 9.17) is 0 Å². The number of hydrogen-bond donors (Lipinski definition) is 1. The SMILES string of the molecule is CCCNCCC(C)(C)Cc1ccc(Br)cn1. The summed E-state index contributed by atoms with van der Waals surface area (Å²) in [6.07, 6.45) is 5.30. The summed E-state index contributed by atoms with van der Waals surface area (Å²) in [5.74, 6) is 0. The molecule has 1 heterocycles. The second-order valence-corrected chi connectivity index (χ2v) is 6.22. The van der Waals surface area contributed by atoms with Gasteiger partial charge in [-0.3, -0.25) is 4.98 Å². The van der Waals surface area contributed by atoms with E-state index in [0.717, 1.165) is 24.0 Å². The van der Waals surface area contributed by atoms with E-state index in [1.54, 1.807) is 0 Å². The molecule has 0 aliphatic carbocycles. The number of aromatic nitrogens is 1. The summed E-state index contributed by atoms with van der Waals surface area (Å²) in [7, 11) is 0. The lowest BCUT2D eigenvalue weighted by atomic mass is 9.84. The summed E-state index contributed by atoms with van der Waals surface area (Å²) in [4.78, 5) is 4.44. The second kappa shape index (κ2) is 7.12. The van der Waals surface area contributed by atoms with E-state index in [2.05, 4.69) is 59.1 Å². The molecular weight excluding hydrogens is 276 g/mol. The lowest BCUT2D eigenvalue weighted by Gasteiger charge is -2.24. The Bertz CT molecular complexity index is 319. The topological polar surface area (TPSA) is 24.9 Å². The molecule has 3 heteroatoms. The molecule has 1 rings (SSSR count). The first-order valence-corrected chi connectivity index (χ1v) is 7.14. The molecule has 0 spiro atoms. The molecule has 0 amide bonds. The van der Waals surface area contributed by atoms with Gasteiger partial charge in [-0.25, -0.2) is 0 Å². The monoisotopic (exact) mass is 298 g/mol. The highest BCUT2D eigenvalue weighted by Gasteiger charge is 2.18. The Morgan fingerprint density at radius 2 is 2.06 bits per heavy atom. The zero-order valence-corrected chi connectivity index (χ0v) is 12.7. The molecule has 0 aromatic carbocycles. The van der Waals surface area contributed by atoms with Crippen LogP contribution in [0.3, 0.4) is 0 Å². The van der Waals surface area contributed by atoms with Crippen molar-refractivity contribution in [2.24, 2.45) is 5.41 Å². The molecule has 0 saturated heterocycles. The third-order valence-electron chi connectivity index (χ3n) is 2.85. The van der Waals surface area contributed by atoms with Crippen molar-refractivity contribution in [1.82, 2.24) is 10.3 Å². The maximum absolute atomic E-state index is 4.44. The molecule has 0 bridgehead atoms. The number of pyridine rings is 1. The third-order valence-corrected chi connectivity index (χ3v) is 3.32. The largest absolute Gasteiger partial charge is 0.317 e. The van der Waals surface area contributed by atoms with Gasteiger partial charge in [-0.2, -0.15) is 0 Å². The Kier molecular flexibility index (Phi) is 6.14. The number of hydrogen-bond acceptors (Lipinski definition) is 2.